The van der Waals surface area contributed by atoms with E-state index in [0.717, 1.165) is 12.5 Å². The van der Waals surface area contributed by atoms with Gasteiger partial charge in [0.1, 0.15) is 0 Å². The van der Waals surface area contributed by atoms with Crippen molar-refractivity contribution in [3.63, 3.8) is 0 Å². The van der Waals surface area contributed by atoms with Gasteiger partial charge in [-0.1, -0.05) is 12.5 Å². The number of piperidine rings is 1. The summed E-state index contributed by atoms with van der Waals surface area (Å²) in [5.74, 6) is 0. The van der Waals surface area contributed by atoms with E-state index in [2.05, 4.69) is 11.9 Å². The first-order valence-electron chi connectivity index (χ1n) is 3.78. The molecule has 1 rings (SSSR count). The van der Waals surface area contributed by atoms with Gasteiger partial charge in [0.05, 0.1) is 0 Å². The summed E-state index contributed by atoms with van der Waals surface area (Å²) in [7, 11) is 0. The van der Waals surface area contributed by atoms with E-state index in [1.165, 1.54) is 25.8 Å². The topological polar surface area (TPSA) is 12.0 Å². The van der Waals surface area contributed by atoms with E-state index < -0.39 is 0 Å². The predicted octanol–water partition coefficient (Wildman–Crippen LogP) is 1.06. The molecule has 1 unspecified atom stereocenters. The average Bonchev–Trinajstić information content (AvgIpc) is 1.91. The quantitative estimate of drug-likeness (QED) is 0.438. The molecule has 1 fully saturated rings. The average molecular weight is 133 g/mol. The minimum absolute atomic E-state index is 0. The summed E-state index contributed by atoms with van der Waals surface area (Å²) < 4.78 is 0. The van der Waals surface area contributed by atoms with Crippen LogP contribution in [0, 0.1) is 0 Å². The predicted molar refractivity (Wildman–Crippen MR) is 47.6 cm³/mol. The molecule has 1 N–H and O–H groups in total. The van der Waals surface area contributed by atoms with Gasteiger partial charge in [0.25, 0.3) is 0 Å². The van der Waals surface area contributed by atoms with Crippen LogP contribution < -0.4 is 5.32 Å². The van der Waals surface area contributed by atoms with Gasteiger partial charge in [-0.2, -0.15) is 0 Å². The van der Waals surface area contributed by atoms with Gasteiger partial charge in [0, 0.05) is 6.04 Å². The van der Waals surface area contributed by atoms with Crippen molar-refractivity contribution in [2.24, 2.45) is 0 Å². The molecule has 1 heterocycles. The van der Waals surface area contributed by atoms with Gasteiger partial charge in [-0.05, 0) is 25.8 Å². The van der Waals surface area contributed by atoms with Crippen LogP contribution in [0.4, 0.5) is 0 Å². The molecule has 1 atom stereocenters. The number of hydrogen-bond acceptors (Lipinski definition) is 1. The molecule has 54 valence electrons. The second-order valence-corrected chi connectivity index (χ2v) is 2.67. The van der Waals surface area contributed by atoms with Crippen molar-refractivity contribution in [2.75, 3.05) is 6.54 Å². The second kappa shape index (κ2) is 6.04. The third kappa shape index (κ3) is 3.46. The maximum absolute atomic E-state index is 3.71. The van der Waals surface area contributed by atoms with Gasteiger partial charge in [-0.15, -0.1) is 6.58 Å². The Bertz CT molecular complexity index is 87.3. The van der Waals surface area contributed by atoms with Gasteiger partial charge >= 0.3 is 18.9 Å². The second-order valence-electron chi connectivity index (χ2n) is 2.67. The Morgan fingerprint density at radius 1 is 1.50 bits per heavy atom. The molecule has 0 bridgehead atoms. The number of nitrogens with one attached hydrogen (secondary N) is 1. The number of rotatable bonds is 2. The van der Waals surface area contributed by atoms with Crippen molar-refractivity contribution >= 4 is 18.9 Å². The first kappa shape index (κ1) is 10.3. The van der Waals surface area contributed by atoms with E-state index in [1.807, 2.05) is 6.08 Å². The zero-order valence-electron chi connectivity index (χ0n) is 5.90. The molecule has 0 aromatic carbocycles. The summed E-state index contributed by atoms with van der Waals surface area (Å²) in [5, 5.41) is 3.45. The van der Waals surface area contributed by atoms with E-state index >= 15 is 0 Å². The molecule has 0 aliphatic carbocycles. The molecule has 1 nitrogen and oxygen atoms in total. The SMILES string of the molecule is C=CCC1CCCCN1.[LiH]. The summed E-state index contributed by atoms with van der Waals surface area (Å²) in [6.07, 6.45) is 7.23. The van der Waals surface area contributed by atoms with Crippen LogP contribution in [0.3, 0.4) is 0 Å². The summed E-state index contributed by atoms with van der Waals surface area (Å²) in [6, 6.07) is 0.733. The van der Waals surface area contributed by atoms with Gasteiger partial charge in [-0.3, -0.25) is 0 Å². The molecule has 1 aliphatic heterocycles. The van der Waals surface area contributed by atoms with Crippen LogP contribution in [0.15, 0.2) is 12.7 Å². The van der Waals surface area contributed by atoms with Crippen molar-refractivity contribution in [3.8, 4) is 0 Å². The fourth-order valence-corrected chi connectivity index (χ4v) is 1.33. The maximum atomic E-state index is 3.71. The van der Waals surface area contributed by atoms with Crippen molar-refractivity contribution < 1.29 is 0 Å². The Balaban J connectivity index is 0.000000810. The molecule has 0 aromatic heterocycles. The van der Waals surface area contributed by atoms with Gasteiger partial charge < -0.3 is 5.32 Å². The van der Waals surface area contributed by atoms with E-state index in [4.69, 9.17) is 0 Å². The summed E-state index contributed by atoms with van der Waals surface area (Å²) >= 11 is 0. The fraction of sp³-hybridized carbons (Fsp3) is 0.750. The van der Waals surface area contributed by atoms with E-state index in [0.29, 0.717) is 0 Å². The number of hydrogen-bond donors (Lipinski definition) is 1. The summed E-state index contributed by atoms with van der Waals surface area (Å²) in [4.78, 5) is 0. The summed E-state index contributed by atoms with van der Waals surface area (Å²) in [5.41, 5.74) is 0. The third-order valence-electron chi connectivity index (χ3n) is 1.86. The standard InChI is InChI=1S/C8H15N.Li.H/c1-2-5-8-6-3-4-7-9-8;;/h2,8-9H,1,3-7H2;;. The van der Waals surface area contributed by atoms with Crippen LogP contribution >= 0.6 is 0 Å². The van der Waals surface area contributed by atoms with Crippen LogP contribution in [0.5, 0.6) is 0 Å². The summed E-state index contributed by atoms with van der Waals surface area (Å²) in [6.45, 7) is 4.92. The van der Waals surface area contributed by atoms with Crippen LogP contribution in [0.2, 0.25) is 0 Å². The zero-order valence-corrected chi connectivity index (χ0v) is 5.90. The van der Waals surface area contributed by atoms with Gasteiger partial charge in [0.2, 0.25) is 0 Å². The van der Waals surface area contributed by atoms with Crippen molar-refractivity contribution in [3.05, 3.63) is 12.7 Å². The molecule has 1 aliphatic rings. The molecular formula is C8H16LiN. The molecule has 0 amide bonds. The molecular weight excluding hydrogens is 117 g/mol. The van der Waals surface area contributed by atoms with E-state index in [1.54, 1.807) is 0 Å². The fourth-order valence-electron chi connectivity index (χ4n) is 1.33. The Kier molecular flexibility index (Phi) is 6.22. The zero-order chi connectivity index (χ0) is 6.53. The van der Waals surface area contributed by atoms with Crippen molar-refractivity contribution in [2.45, 2.75) is 31.7 Å². The molecule has 0 spiro atoms. The van der Waals surface area contributed by atoms with Crippen LogP contribution in [0.25, 0.3) is 0 Å². The van der Waals surface area contributed by atoms with Crippen LogP contribution in [-0.2, 0) is 0 Å². The molecule has 0 radical (unpaired) electrons. The van der Waals surface area contributed by atoms with E-state index in [9.17, 15) is 0 Å². The van der Waals surface area contributed by atoms with Crippen molar-refractivity contribution in [1.82, 2.24) is 5.32 Å². The van der Waals surface area contributed by atoms with Gasteiger partial charge in [0.15, 0.2) is 0 Å². The van der Waals surface area contributed by atoms with Crippen molar-refractivity contribution in [1.29, 1.82) is 0 Å². The Morgan fingerprint density at radius 2 is 2.30 bits per heavy atom. The third-order valence-corrected chi connectivity index (χ3v) is 1.86. The minimum atomic E-state index is 0. The molecule has 10 heavy (non-hydrogen) atoms. The molecule has 1 saturated heterocycles. The molecule has 2 heteroatoms. The Morgan fingerprint density at radius 3 is 2.80 bits per heavy atom. The van der Waals surface area contributed by atoms with Gasteiger partial charge in [-0.25, -0.2) is 0 Å². The Hall–Kier alpha value is 0.297. The monoisotopic (exact) mass is 133 g/mol. The Labute approximate surface area is 75.4 Å². The molecule has 0 saturated carbocycles. The van der Waals surface area contributed by atoms with Crippen LogP contribution in [0.1, 0.15) is 25.7 Å². The normalized spacial score (nSPS) is 25.0. The first-order chi connectivity index (χ1) is 4.43. The first-order valence-corrected chi connectivity index (χ1v) is 3.78. The molecule has 0 aromatic rings. The van der Waals surface area contributed by atoms with Crippen LogP contribution in [-0.4, -0.2) is 31.4 Å². The van der Waals surface area contributed by atoms with E-state index in [-0.39, 0.29) is 18.9 Å².